The van der Waals surface area contributed by atoms with E-state index >= 15 is 0 Å². The van der Waals surface area contributed by atoms with Crippen LogP contribution in [0.5, 0.6) is 0 Å². The quantitative estimate of drug-likeness (QED) is 0.220. The number of imidazole rings is 1. The minimum Gasteiger partial charge on any atom is -0.469 e. The molecule has 0 saturated carbocycles. The number of ether oxygens (including phenoxy) is 1. The fourth-order valence-electron chi connectivity index (χ4n) is 5.38. The Hall–Kier alpha value is -4.89. The van der Waals surface area contributed by atoms with E-state index in [1.54, 1.807) is 12.1 Å². The van der Waals surface area contributed by atoms with Crippen molar-refractivity contribution in [3.05, 3.63) is 71.4 Å². The van der Waals surface area contributed by atoms with Crippen LogP contribution in [-0.2, 0) is 16.0 Å². The number of hydrogen-bond donors (Lipinski definition) is 0. The second-order valence-electron chi connectivity index (χ2n) is 10.3. The molecule has 0 amide bonds. The Morgan fingerprint density at radius 1 is 1.09 bits per heavy atom. The van der Waals surface area contributed by atoms with Gasteiger partial charge in [-0.15, -0.1) is 0 Å². The van der Waals surface area contributed by atoms with E-state index in [0.717, 1.165) is 28.3 Å². The second kappa shape index (κ2) is 11.8. The minimum absolute atomic E-state index is 0.0758. The van der Waals surface area contributed by atoms with Gasteiger partial charge in [-0.25, -0.2) is 24.3 Å². The first-order valence-electron chi connectivity index (χ1n) is 14.0. The number of fused-ring (bicyclic) bond motifs is 1. The highest BCUT2D eigenvalue weighted by Crippen LogP contribution is 2.37. The molecule has 6 rings (SSSR count). The summed E-state index contributed by atoms with van der Waals surface area (Å²) in [4.78, 5) is 35.2. The molecule has 218 valence electrons. The van der Waals surface area contributed by atoms with E-state index < -0.39 is 0 Å². The van der Waals surface area contributed by atoms with Crippen LogP contribution in [0.4, 0.5) is 21.3 Å². The van der Waals surface area contributed by atoms with Crippen molar-refractivity contribution in [2.45, 2.75) is 26.2 Å². The zero-order valence-electron chi connectivity index (χ0n) is 24.0. The maximum absolute atomic E-state index is 13.5. The highest BCUT2D eigenvalue weighted by atomic mass is 32.1. The van der Waals surface area contributed by atoms with Gasteiger partial charge in [-0.3, -0.25) is 9.20 Å². The normalized spacial score (nSPS) is 13.7. The Labute approximate surface area is 252 Å². The number of pyridine rings is 1. The maximum atomic E-state index is 13.5. The molecule has 12 heteroatoms. The van der Waals surface area contributed by atoms with Gasteiger partial charge in [0, 0.05) is 55.4 Å². The fraction of sp³-hybridized carbons (Fsp3) is 0.290. The predicted octanol–water partition coefficient (Wildman–Crippen LogP) is 5.65. The Kier molecular flexibility index (Phi) is 7.73. The molecule has 1 aliphatic rings. The van der Waals surface area contributed by atoms with Gasteiger partial charge in [-0.05, 0) is 55.7 Å². The van der Waals surface area contributed by atoms with Gasteiger partial charge in [0.1, 0.15) is 33.9 Å². The Balaban J connectivity index is 1.29. The Morgan fingerprint density at radius 2 is 1.79 bits per heavy atom. The molecule has 0 bridgehead atoms. The number of halogens is 1. The largest absolute Gasteiger partial charge is 0.469 e. The molecule has 0 spiro atoms. The lowest BCUT2D eigenvalue weighted by Gasteiger charge is -2.30. The molecular weight excluding hydrogens is 567 g/mol. The molecule has 0 N–H and O–H groups in total. The third-order valence-electron chi connectivity index (χ3n) is 7.72. The summed E-state index contributed by atoms with van der Waals surface area (Å²) in [6, 6.07) is 12.2. The molecule has 0 aliphatic carbocycles. The van der Waals surface area contributed by atoms with E-state index in [9.17, 15) is 14.4 Å². The lowest BCUT2D eigenvalue weighted by Crippen LogP contribution is -2.37. The Bertz CT molecular complexity index is 1820. The molecule has 5 heterocycles. The average molecular weight is 597 g/mol. The van der Waals surface area contributed by atoms with Gasteiger partial charge < -0.3 is 14.5 Å². The van der Waals surface area contributed by atoms with Gasteiger partial charge in [0.15, 0.2) is 5.13 Å². The molecular formula is C31H29FN8O2S. The molecule has 1 saturated heterocycles. The number of aryl methyl sites for hydroxylation is 1. The third-order valence-corrected chi connectivity index (χ3v) is 8.76. The van der Waals surface area contributed by atoms with E-state index in [4.69, 9.17) is 14.7 Å². The van der Waals surface area contributed by atoms with Gasteiger partial charge in [0.25, 0.3) is 0 Å². The van der Waals surface area contributed by atoms with Crippen LogP contribution in [0.1, 0.15) is 30.3 Å². The van der Waals surface area contributed by atoms with Crippen LogP contribution >= 0.6 is 11.3 Å². The summed E-state index contributed by atoms with van der Waals surface area (Å²) in [7, 11) is 3.34. The molecule has 1 fully saturated rings. The molecule has 10 nitrogen and oxygen atoms in total. The number of aromatic nitrogens is 5. The van der Waals surface area contributed by atoms with E-state index in [1.165, 1.54) is 30.6 Å². The predicted molar refractivity (Wildman–Crippen MR) is 163 cm³/mol. The number of rotatable bonds is 7. The number of nitriles is 1. The van der Waals surface area contributed by atoms with Crippen molar-refractivity contribution in [3.63, 3.8) is 0 Å². The number of esters is 1. The number of anilines is 3. The molecule has 0 radical (unpaired) electrons. The summed E-state index contributed by atoms with van der Waals surface area (Å²) in [5, 5.41) is 10.4. The van der Waals surface area contributed by atoms with Crippen molar-refractivity contribution in [2.75, 3.05) is 37.0 Å². The number of hydrogen-bond acceptors (Lipinski definition) is 10. The van der Waals surface area contributed by atoms with Crippen molar-refractivity contribution in [3.8, 4) is 28.5 Å². The summed E-state index contributed by atoms with van der Waals surface area (Å²) in [6.07, 6.45) is 7.75. The monoisotopic (exact) mass is 596 g/mol. The Morgan fingerprint density at radius 3 is 2.44 bits per heavy atom. The van der Waals surface area contributed by atoms with Crippen LogP contribution in [0.15, 0.2) is 55.0 Å². The first kappa shape index (κ1) is 28.2. The zero-order chi connectivity index (χ0) is 30.1. The summed E-state index contributed by atoms with van der Waals surface area (Å²) in [5.41, 5.74) is 4.65. The standard InChI is InChI=1S/C31H29FN8O2S/c1-4-24-28(38(2)31-37-27(25(15-33)43-31)19-5-8-23(32)9-6-19)40-18-21(7-10-26(40)36-24)22-16-34-30(35-17-22)39-13-11-20(12-14-39)29(41)42-3/h5-10,16-18,20H,4,11-14H2,1-3H3. The van der Waals surface area contributed by atoms with Crippen LogP contribution in [0.25, 0.3) is 28.0 Å². The fourth-order valence-corrected chi connectivity index (χ4v) is 6.23. The van der Waals surface area contributed by atoms with Gasteiger partial charge in [-0.2, -0.15) is 5.26 Å². The van der Waals surface area contributed by atoms with E-state index in [2.05, 4.69) is 20.9 Å². The molecule has 43 heavy (non-hydrogen) atoms. The van der Waals surface area contributed by atoms with Crippen molar-refractivity contribution in [1.29, 1.82) is 5.26 Å². The van der Waals surface area contributed by atoms with Gasteiger partial charge in [0.05, 0.1) is 18.7 Å². The molecule has 0 atom stereocenters. The summed E-state index contributed by atoms with van der Waals surface area (Å²) in [5.74, 6) is 0.904. The SMILES string of the molecule is CCc1nc2ccc(-c3cnc(N4CCC(C(=O)OC)CC4)nc3)cn2c1N(C)c1nc(-c2ccc(F)cc2)c(C#N)s1. The zero-order valence-corrected chi connectivity index (χ0v) is 24.8. The van der Waals surface area contributed by atoms with Crippen molar-refractivity contribution in [1.82, 2.24) is 24.3 Å². The van der Waals surface area contributed by atoms with E-state index in [-0.39, 0.29) is 17.7 Å². The summed E-state index contributed by atoms with van der Waals surface area (Å²) in [6.45, 7) is 3.44. The van der Waals surface area contributed by atoms with Crippen LogP contribution in [0.2, 0.25) is 0 Å². The van der Waals surface area contributed by atoms with E-state index in [1.807, 2.05) is 54.0 Å². The average Bonchev–Trinajstić information content (AvgIpc) is 3.66. The van der Waals surface area contributed by atoms with Gasteiger partial charge in [-0.1, -0.05) is 18.3 Å². The molecule has 1 aliphatic heterocycles. The van der Waals surface area contributed by atoms with Crippen LogP contribution in [0.3, 0.4) is 0 Å². The number of carbonyl (C=O) groups is 1. The number of benzene rings is 1. The molecule has 1 aromatic carbocycles. The molecule has 5 aromatic rings. The highest BCUT2D eigenvalue weighted by molar-refractivity contribution is 7.16. The van der Waals surface area contributed by atoms with Gasteiger partial charge >= 0.3 is 5.97 Å². The first-order valence-corrected chi connectivity index (χ1v) is 14.8. The van der Waals surface area contributed by atoms with E-state index in [0.29, 0.717) is 59.6 Å². The van der Waals surface area contributed by atoms with Crippen LogP contribution < -0.4 is 9.80 Å². The van der Waals surface area contributed by atoms with Gasteiger partial charge in [0.2, 0.25) is 5.95 Å². The number of methoxy groups -OCH3 is 1. The summed E-state index contributed by atoms with van der Waals surface area (Å²) < 4.78 is 20.4. The van der Waals surface area contributed by atoms with Crippen molar-refractivity contribution < 1.29 is 13.9 Å². The number of nitrogens with zero attached hydrogens (tertiary/aromatic N) is 8. The third kappa shape index (κ3) is 5.39. The lowest BCUT2D eigenvalue weighted by molar-refractivity contribution is -0.146. The number of piperidine rings is 1. The van der Waals surface area contributed by atoms with Crippen molar-refractivity contribution >= 4 is 39.9 Å². The topological polar surface area (TPSA) is 113 Å². The smallest absolute Gasteiger partial charge is 0.308 e. The summed E-state index contributed by atoms with van der Waals surface area (Å²) >= 11 is 1.28. The number of thiazole rings is 1. The first-order chi connectivity index (χ1) is 20.9. The number of carbonyl (C=O) groups excluding carboxylic acids is 1. The maximum Gasteiger partial charge on any atom is 0.308 e. The minimum atomic E-state index is -0.343. The van der Waals surface area contributed by atoms with Crippen LogP contribution in [0, 0.1) is 23.1 Å². The lowest BCUT2D eigenvalue weighted by atomic mass is 9.97. The molecule has 0 unspecified atom stereocenters. The van der Waals surface area contributed by atoms with Crippen LogP contribution in [-0.4, -0.2) is 57.6 Å². The highest BCUT2D eigenvalue weighted by Gasteiger charge is 2.27. The molecule has 4 aromatic heterocycles. The van der Waals surface area contributed by atoms with Crippen molar-refractivity contribution in [2.24, 2.45) is 5.92 Å². The second-order valence-corrected chi connectivity index (χ2v) is 11.3.